The zero-order chi connectivity index (χ0) is 37.8. The van der Waals surface area contributed by atoms with Gasteiger partial charge >= 0.3 is 12.1 Å². The second-order valence-electron chi connectivity index (χ2n) is 16.1. The lowest BCUT2D eigenvalue weighted by Gasteiger charge is -2.40. The van der Waals surface area contributed by atoms with E-state index < -0.39 is 11.5 Å². The molecule has 3 fully saturated rings. The molecular weight excluding hydrogens is 681 g/mol. The number of ether oxygens (including phenoxy) is 3. The molecule has 10 heteroatoms. The molecule has 2 saturated heterocycles. The highest BCUT2D eigenvalue weighted by molar-refractivity contribution is 5.85. The first-order valence-corrected chi connectivity index (χ1v) is 19.6. The lowest BCUT2D eigenvalue weighted by molar-refractivity contribution is -0.146. The molecule has 2 amide bonds. The van der Waals surface area contributed by atoms with Gasteiger partial charge in [-0.3, -0.25) is 14.5 Å². The maximum Gasteiger partial charge on any atom is 0.410 e. The fourth-order valence-electron chi connectivity index (χ4n) is 8.17. The lowest BCUT2D eigenvalue weighted by atomic mass is 9.79. The molecule has 286 valence electrons. The number of rotatable bonds is 12. The molecule has 1 saturated carbocycles. The molecule has 0 spiro atoms. The smallest absolute Gasteiger partial charge is 0.410 e. The molecule has 54 heavy (non-hydrogen) atoms. The number of esters is 1. The predicted octanol–water partition coefficient (Wildman–Crippen LogP) is 7.77. The molecule has 10 nitrogen and oxygen atoms in total. The number of H-pyrrole nitrogens is 1. The first-order valence-electron chi connectivity index (χ1n) is 19.6. The molecule has 1 unspecified atom stereocenters. The van der Waals surface area contributed by atoms with Crippen LogP contribution in [0.25, 0.3) is 22.0 Å². The number of likely N-dealkylation sites (tertiary alicyclic amines) is 2. The summed E-state index contributed by atoms with van der Waals surface area (Å²) in [5.74, 6) is 0.280. The Hall–Kier alpha value is -4.83. The summed E-state index contributed by atoms with van der Waals surface area (Å²) in [5.41, 5.74) is 4.78. The largest absolute Gasteiger partial charge is 0.494 e. The number of piperidine rings is 1. The second-order valence-corrected chi connectivity index (χ2v) is 16.1. The van der Waals surface area contributed by atoms with Gasteiger partial charge < -0.3 is 29.0 Å². The normalized spacial score (nSPS) is 20.5. The molecule has 3 atom stereocenters. The minimum absolute atomic E-state index is 0.0580. The fourth-order valence-corrected chi connectivity index (χ4v) is 8.17. The van der Waals surface area contributed by atoms with Gasteiger partial charge in [0.15, 0.2) is 0 Å². The summed E-state index contributed by atoms with van der Waals surface area (Å²) in [7, 11) is 1.45. The summed E-state index contributed by atoms with van der Waals surface area (Å²) in [4.78, 5) is 49.6. The van der Waals surface area contributed by atoms with Crippen LogP contribution in [0.4, 0.5) is 4.79 Å². The standard InChI is InChI=1S/C44H54N4O6/c1-44(2,3)54-43(51)47-24-21-36(38(29-47)41(49)48(34-17-18-34)28-33-27-45-39-13-6-5-12-37(33)39)32-11-7-10-31(26-32)30-15-19-35(20-16-30)53-25-9-23-46-22-8-14-40(46)42(50)52-4/h5-7,10-13,15-16,19-20,26-27,34,36,38,40,45H,8-9,14,17-18,21-25,28-29H2,1-4H3/t36-,38+,40?/m1/s1. The molecule has 0 radical (unpaired) electrons. The quantitative estimate of drug-likeness (QED) is 0.117. The maximum absolute atomic E-state index is 14.8. The van der Waals surface area contributed by atoms with Gasteiger partial charge in [0.25, 0.3) is 0 Å². The van der Waals surface area contributed by atoms with Crippen molar-refractivity contribution in [3.8, 4) is 16.9 Å². The number of nitrogens with zero attached hydrogens (tertiary/aromatic N) is 3. The van der Waals surface area contributed by atoms with Crippen LogP contribution in [0.15, 0.2) is 79.0 Å². The Labute approximate surface area is 318 Å². The van der Waals surface area contributed by atoms with E-state index in [1.165, 1.54) is 7.11 Å². The Balaban J connectivity index is 1.06. The van der Waals surface area contributed by atoms with E-state index in [-0.39, 0.29) is 36.0 Å². The van der Waals surface area contributed by atoms with Crippen LogP contribution in [0.3, 0.4) is 0 Å². The van der Waals surface area contributed by atoms with Crippen LogP contribution >= 0.6 is 0 Å². The predicted molar refractivity (Wildman–Crippen MR) is 209 cm³/mol. The Kier molecular flexibility index (Phi) is 11.3. The molecule has 0 bridgehead atoms. The Morgan fingerprint density at radius 3 is 2.46 bits per heavy atom. The van der Waals surface area contributed by atoms with Gasteiger partial charge in [0.05, 0.1) is 19.6 Å². The molecule has 1 aliphatic carbocycles. The Bertz CT molecular complexity index is 1930. The molecule has 3 heterocycles. The van der Waals surface area contributed by atoms with Crippen molar-refractivity contribution in [1.82, 2.24) is 19.7 Å². The number of carbonyl (C=O) groups is 3. The molecule has 7 rings (SSSR count). The van der Waals surface area contributed by atoms with Crippen LogP contribution in [0.5, 0.6) is 5.75 Å². The summed E-state index contributed by atoms with van der Waals surface area (Å²) >= 11 is 0. The highest BCUT2D eigenvalue weighted by Gasteiger charge is 2.43. The Morgan fingerprint density at radius 2 is 1.70 bits per heavy atom. The van der Waals surface area contributed by atoms with E-state index in [9.17, 15) is 14.4 Å². The highest BCUT2D eigenvalue weighted by Crippen LogP contribution is 2.40. The summed E-state index contributed by atoms with van der Waals surface area (Å²) in [6, 6.07) is 24.9. The monoisotopic (exact) mass is 734 g/mol. The molecule has 1 N–H and O–H groups in total. The van der Waals surface area contributed by atoms with Gasteiger partial charge in [0, 0.05) is 49.3 Å². The van der Waals surface area contributed by atoms with Crippen molar-refractivity contribution in [2.45, 2.75) is 89.4 Å². The number of methoxy groups -OCH3 is 1. The van der Waals surface area contributed by atoms with Crippen LogP contribution in [-0.2, 0) is 25.6 Å². The number of carbonyl (C=O) groups excluding carboxylic acids is 3. The average Bonchev–Trinajstić information content (AvgIpc) is 3.77. The number of hydrogen-bond donors (Lipinski definition) is 1. The summed E-state index contributed by atoms with van der Waals surface area (Å²) in [6.07, 6.45) is 6.98. The van der Waals surface area contributed by atoms with Crippen LogP contribution in [0, 0.1) is 5.92 Å². The van der Waals surface area contributed by atoms with Gasteiger partial charge in [-0.1, -0.05) is 54.6 Å². The molecule has 3 aromatic carbocycles. The number of hydrogen-bond acceptors (Lipinski definition) is 7. The van der Waals surface area contributed by atoms with Gasteiger partial charge in [0.2, 0.25) is 5.91 Å². The average molecular weight is 735 g/mol. The number of aromatic amines is 1. The number of amides is 2. The van der Waals surface area contributed by atoms with E-state index in [0.29, 0.717) is 32.7 Å². The van der Waals surface area contributed by atoms with E-state index >= 15 is 0 Å². The highest BCUT2D eigenvalue weighted by atomic mass is 16.6. The van der Waals surface area contributed by atoms with Crippen LogP contribution in [0.2, 0.25) is 0 Å². The third-order valence-corrected chi connectivity index (χ3v) is 11.1. The van der Waals surface area contributed by atoms with Gasteiger partial charge in [-0.05, 0) is 112 Å². The first kappa shape index (κ1) is 37.5. The molecular formula is C44H54N4O6. The van der Waals surface area contributed by atoms with Gasteiger partial charge in [-0.15, -0.1) is 0 Å². The van der Waals surface area contributed by atoms with Crippen LogP contribution < -0.4 is 4.74 Å². The zero-order valence-corrected chi connectivity index (χ0v) is 32.1. The van der Waals surface area contributed by atoms with Crippen molar-refractivity contribution in [2.24, 2.45) is 5.92 Å². The third-order valence-electron chi connectivity index (χ3n) is 11.1. The van der Waals surface area contributed by atoms with Crippen LogP contribution in [0.1, 0.15) is 76.3 Å². The van der Waals surface area contributed by atoms with Crippen molar-refractivity contribution in [1.29, 1.82) is 0 Å². The minimum Gasteiger partial charge on any atom is -0.494 e. The lowest BCUT2D eigenvalue weighted by Crippen LogP contribution is -2.51. The van der Waals surface area contributed by atoms with Gasteiger partial charge in [-0.25, -0.2) is 4.79 Å². The molecule has 3 aliphatic rings. The fraction of sp³-hybridized carbons (Fsp3) is 0.477. The topological polar surface area (TPSA) is 104 Å². The van der Waals surface area contributed by atoms with E-state index in [4.69, 9.17) is 14.2 Å². The first-order chi connectivity index (χ1) is 26.1. The number of benzene rings is 3. The maximum atomic E-state index is 14.8. The number of aromatic nitrogens is 1. The van der Waals surface area contributed by atoms with E-state index in [0.717, 1.165) is 84.1 Å². The molecule has 1 aromatic heterocycles. The summed E-state index contributed by atoms with van der Waals surface area (Å²) in [5, 5.41) is 1.13. The van der Waals surface area contributed by atoms with Crippen molar-refractivity contribution in [2.75, 3.05) is 39.9 Å². The SMILES string of the molecule is COC(=O)C1CCCN1CCCOc1ccc(-c2cccc([C@H]3CCN(C(=O)OC(C)(C)C)C[C@@H]3C(=O)N(Cc3c[nH]c4ccccc34)C3CC3)c2)cc1. The minimum atomic E-state index is -0.624. The van der Waals surface area contributed by atoms with E-state index in [2.05, 4.69) is 63.3 Å². The van der Waals surface area contributed by atoms with E-state index in [1.807, 2.05) is 51.2 Å². The van der Waals surface area contributed by atoms with E-state index in [1.54, 1.807) is 4.90 Å². The second kappa shape index (κ2) is 16.3. The summed E-state index contributed by atoms with van der Waals surface area (Å²) in [6.45, 7) is 9.26. The zero-order valence-electron chi connectivity index (χ0n) is 32.1. The van der Waals surface area contributed by atoms with Crippen molar-refractivity contribution < 1.29 is 28.6 Å². The Morgan fingerprint density at radius 1 is 0.907 bits per heavy atom. The molecule has 2 aliphatic heterocycles. The van der Waals surface area contributed by atoms with Gasteiger partial charge in [0.1, 0.15) is 17.4 Å². The number of para-hydroxylation sites is 1. The number of nitrogens with one attached hydrogen (secondary N) is 1. The third kappa shape index (κ3) is 8.75. The van der Waals surface area contributed by atoms with Crippen molar-refractivity contribution in [3.05, 3.63) is 90.1 Å². The van der Waals surface area contributed by atoms with Crippen LogP contribution in [-0.4, -0.2) is 95.2 Å². The van der Waals surface area contributed by atoms with Gasteiger partial charge in [-0.2, -0.15) is 0 Å². The summed E-state index contributed by atoms with van der Waals surface area (Å²) < 4.78 is 16.8. The number of fused-ring (bicyclic) bond motifs is 1. The van der Waals surface area contributed by atoms with Crippen molar-refractivity contribution in [3.63, 3.8) is 0 Å². The molecule has 4 aromatic rings. The van der Waals surface area contributed by atoms with Crippen molar-refractivity contribution >= 4 is 28.9 Å².